The number of hydrogen-bond donors (Lipinski definition) is 0. The molecule has 11 aromatic carbocycles. The van der Waals surface area contributed by atoms with Crippen LogP contribution >= 0.6 is 0 Å². The summed E-state index contributed by atoms with van der Waals surface area (Å²) in [6.07, 6.45) is 0. The molecule has 0 N–H and O–H groups in total. The number of anilines is 3. The Balaban J connectivity index is 1.21. The monoisotopic (exact) mass is 801 g/mol. The third kappa shape index (κ3) is 7.06. The number of rotatable bonds is 9. The van der Waals surface area contributed by atoms with Crippen LogP contribution in [0.2, 0.25) is 0 Å². The molecule has 0 saturated heterocycles. The topological polar surface area (TPSA) is 3.24 Å². The highest BCUT2D eigenvalue weighted by molar-refractivity contribution is 6.26. The van der Waals surface area contributed by atoms with Gasteiger partial charge in [-0.1, -0.05) is 243 Å². The van der Waals surface area contributed by atoms with Crippen LogP contribution in [0.1, 0.15) is 0 Å². The van der Waals surface area contributed by atoms with Crippen molar-refractivity contribution in [3.63, 3.8) is 0 Å². The van der Waals surface area contributed by atoms with Gasteiger partial charge in [-0.25, -0.2) is 0 Å². The second-order valence-electron chi connectivity index (χ2n) is 16.0. The van der Waals surface area contributed by atoms with Crippen LogP contribution in [0.15, 0.2) is 261 Å². The first-order valence-corrected chi connectivity index (χ1v) is 21.7. The maximum absolute atomic E-state index is 2.53. The van der Waals surface area contributed by atoms with Crippen LogP contribution in [0.3, 0.4) is 0 Å². The molecule has 1 nitrogen and oxygen atoms in total. The number of benzene rings is 11. The Morgan fingerprint density at radius 3 is 1.06 bits per heavy atom. The smallest absolute Gasteiger partial charge is 0.0618 e. The van der Waals surface area contributed by atoms with Gasteiger partial charge in [0, 0.05) is 22.2 Å². The van der Waals surface area contributed by atoms with E-state index in [0.717, 1.165) is 39.3 Å². The first-order chi connectivity index (χ1) is 31.3. The molecule has 11 rings (SSSR count). The molecular formula is C62H43N. The molecule has 1 heteroatoms. The van der Waals surface area contributed by atoms with E-state index in [4.69, 9.17) is 0 Å². The quantitative estimate of drug-likeness (QED) is 0.131. The van der Waals surface area contributed by atoms with Gasteiger partial charge in [-0.3, -0.25) is 0 Å². The average molecular weight is 802 g/mol. The summed E-state index contributed by atoms with van der Waals surface area (Å²) in [4.78, 5) is 2.53. The molecule has 0 saturated carbocycles. The van der Waals surface area contributed by atoms with Gasteiger partial charge < -0.3 is 4.90 Å². The van der Waals surface area contributed by atoms with Gasteiger partial charge in [-0.15, -0.1) is 0 Å². The van der Waals surface area contributed by atoms with Crippen molar-refractivity contribution in [2.24, 2.45) is 0 Å². The molecule has 0 amide bonds. The standard InChI is InChI=1S/C62H43N/c1-6-20-44(21-7-1)45-36-38-46(39-37-45)47-40-42-52(43-41-47)63(62-53(48-22-8-2-9-23-48)32-18-33-54(62)49-24-10-3-11-25-49)58-35-19-34-57-60(51-28-14-5-15-29-51)59(50-26-12-4-13-27-50)55-30-16-17-31-56(55)61(57)58/h1-43H. The van der Waals surface area contributed by atoms with Crippen LogP contribution in [0.25, 0.3) is 88.3 Å². The summed E-state index contributed by atoms with van der Waals surface area (Å²) < 4.78 is 0. The third-order valence-corrected chi connectivity index (χ3v) is 12.3. The fourth-order valence-electron chi connectivity index (χ4n) is 9.38. The van der Waals surface area contributed by atoms with E-state index >= 15 is 0 Å². The molecule has 0 radical (unpaired) electrons. The normalized spacial score (nSPS) is 11.2. The maximum atomic E-state index is 2.53. The fourth-order valence-corrected chi connectivity index (χ4v) is 9.38. The summed E-state index contributed by atoms with van der Waals surface area (Å²) in [5, 5.41) is 4.83. The van der Waals surface area contributed by atoms with E-state index in [-0.39, 0.29) is 0 Å². The molecule has 0 atom stereocenters. The van der Waals surface area contributed by atoms with Gasteiger partial charge >= 0.3 is 0 Å². The minimum absolute atomic E-state index is 1.07. The molecule has 0 aliphatic rings. The lowest BCUT2D eigenvalue weighted by atomic mass is 9.84. The molecule has 0 aliphatic carbocycles. The SMILES string of the molecule is c1ccc(-c2ccc(-c3ccc(N(c4c(-c5ccccc5)cccc4-c4ccccc4)c4cccc5c(-c6ccccc6)c(-c6ccccc6)c6ccccc6c45)cc3)cc2)cc1. The van der Waals surface area contributed by atoms with E-state index in [0.29, 0.717) is 0 Å². The number of hydrogen-bond acceptors (Lipinski definition) is 1. The highest BCUT2D eigenvalue weighted by Gasteiger charge is 2.26. The molecule has 0 unspecified atom stereocenters. The van der Waals surface area contributed by atoms with Gasteiger partial charge in [0.05, 0.1) is 11.4 Å². The zero-order chi connectivity index (χ0) is 42.0. The molecule has 0 bridgehead atoms. The summed E-state index contributed by atoms with van der Waals surface area (Å²) in [5.41, 5.74) is 17.6. The van der Waals surface area contributed by atoms with Gasteiger partial charge in [0.1, 0.15) is 0 Å². The highest BCUT2D eigenvalue weighted by atomic mass is 15.1. The van der Waals surface area contributed by atoms with Crippen LogP contribution < -0.4 is 4.90 Å². The van der Waals surface area contributed by atoms with Crippen molar-refractivity contribution < 1.29 is 0 Å². The van der Waals surface area contributed by atoms with E-state index in [1.54, 1.807) is 0 Å². The molecule has 0 spiro atoms. The number of para-hydroxylation sites is 1. The van der Waals surface area contributed by atoms with Crippen molar-refractivity contribution in [3.8, 4) is 66.8 Å². The molecule has 0 fully saturated rings. The second kappa shape index (κ2) is 16.7. The number of nitrogens with zero attached hydrogens (tertiary/aromatic N) is 1. The largest absolute Gasteiger partial charge is 0.309 e. The Kier molecular flexibility index (Phi) is 9.97. The lowest BCUT2D eigenvalue weighted by Crippen LogP contribution is -2.13. The van der Waals surface area contributed by atoms with Crippen molar-refractivity contribution in [2.45, 2.75) is 0 Å². The van der Waals surface area contributed by atoms with Crippen LogP contribution in [0, 0.1) is 0 Å². The first kappa shape index (κ1) is 37.7. The van der Waals surface area contributed by atoms with Crippen LogP contribution in [0.4, 0.5) is 17.1 Å². The highest BCUT2D eigenvalue weighted by Crippen LogP contribution is 2.52. The van der Waals surface area contributed by atoms with Crippen molar-refractivity contribution in [2.75, 3.05) is 4.90 Å². The minimum atomic E-state index is 1.07. The van der Waals surface area contributed by atoms with Gasteiger partial charge in [0.25, 0.3) is 0 Å². The van der Waals surface area contributed by atoms with Crippen molar-refractivity contribution in [1.82, 2.24) is 0 Å². The zero-order valence-corrected chi connectivity index (χ0v) is 34.8. The lowest BCUT2D eigenvalue weighted by Gasteiger charge is -2.32. The van der Waals surface area contributed by atoms with E-state index in [9.17, 15) is 0 Å². The van der Waals surface area contributed by atoms with E-state index in [1.807, 2.05) is 0 Å². The van der Waals surface area contributed by atoms with Crippen LogP contribution in [-0.2, 0) is 0 Å². The predicted molar refractivity (Wildman–Crippen MR) is 269 cm³/mol. The number of fused-ring (bicyclic) bond motifs is 3. The van der Waals surface area contributed by atoms with Crippen molar-refractivity contribution >= 4 is 38.6 Å². The first-order valence-electron chi connectivity index (χ1n) is 21.7. The Morgan fingerprint density at radius 1 is 0.222 bits per heavy atom. The summed E-state index contributed by atoms with van der Waals surface area (Å²) >= 11 is 0. The summed E-state index contributed by atoms with van der Waals surface area (Å²) in [7, 11) is 0. The van der Waals surface area contributed by atoms with Gasteiger partial charge in [0.15, 0.2) is 0 Å². The summed E-state index contributed by atoms with van der Waals surface area (Å²) in [6, 6.07) is 94.7. The van der Waals surface area contributed by atoms with Gasteiger partial charge in [0.2, 0.25) is 0 Å². The third-order valence-electron chi connectivity index (χ3n) is 12.3. The summed E-state index contributed by atoms with van der Waals surface area (Å²) in [5.74, 6) is 0. The molecule has 0 heterocycles. The van der Waals surface area contributed by atoms with E-state index in [2.05, 4.69) is 266 Å². The molecular weight excluding hydrogens is 759 g/mol. The van der Waals surface area contributed by atoms with Crippen molar-refractivity contribution in [1.29, 1.82) is 0 Å². The molecule has 296 valence electrons. The molecule has 11 aromatic rings. The van der Waals surface area contributed by atoms with Gasteiger partial charge in [-0.2, -0.15) is 0 Å². The molecule has 63 heavy (non-hydrogen) atoms. The second-order valence-corrected chi connectivity index (χ2v) is 16.0. The summed E-state index contributed by atoms with van der Waals surface area (Å²) in [6.45, 7) is 0. The zero-order valence-electron chi connectivity index (χ0n) is 34.8. The van der Waals surface area contributed by atoms with Gasteiger partial charge in [-0.05, 0) is 90.0 Å². The molecule has 0 aliphatic heterocycles. The Hall–Kier alpha value is -8.26. The van der Waals surface area contributed by atoms with Crippen LogP contribution in [-0.4, -0.2) is 0 Å². The average Bonchev–Trinajstić information content (AvgIpc) is 3.37. The molecule has 0 aromatic heterocycles. The van der Waals surface area contributed by atoms with Crippen molar-refractivity contribution in [3.05, 3.63) is 261 Å². The lowest BCUT2D eigenvalue weighted by molar-refractivity contribution is 1.30. The maximum Gasteiger partial charge on any atom is 0.0618 e. The van der Waals surface area contributed by atoms with E-state index in [1.165, 1.54) is 66.1 Å². The predicted octanol–water partition coefficient (Wildman–Crippen LogP) is 17.5. The Morgan fingerprint density at radius 2 is 0.571 bits per heavy atom. The Labute approximate surface area is 369 Å². The minimum Gasteiger partial charge on any atom is -0.309 e. The fraction of sp³-hybridized carbons (Fsp3) is 0. The Bertz CT molecular complexity index is 3270. The van der Waals surface area contributed by atoms with Crippen LogP contribution in [0.5, 0.6) is 0 Å². The van der Waals surface area contributed by atoms with E-state index < -0.39 is 0 Å².